The van der Waals surface area contributed by atoms with Crippen LogP contribution in [0.3, 0.4) is 0 Å². The molecule has 162 valence electrons. The van der Waals surface area contributed by atoms with E-state index in [4.69, 9.17) is 0 Å². The lowest BCUT2D eigenvalue weighted by atomic mass is 9.92. The summed E-state index contributed by atoms with van der Waals surface area (Å²) in [4.78, 5) is 41.2. The number of nitrogens with zero attached hydrogens (tertiary/aromatic N) is 2. The third-order valence-electron chi connectivity index (χ3n) is 5.70. The predicted octanol–water partition coefficient (Wildman–Crippen LogP) is 3.03. The quantitative estimate of drug-likeness (QED) is 0.741. The zero-order valence-corrected chi connectivity index (χ0v) is 17.0. The molecule has 1 saturated heterocycles. The second-order valence-corrected chi connectivity index (χ2v) is 7.79. The fraction of sp³-hybridized carbons (Fsp3) is 0.318. The van der Waals surface area contributed by atoms with Gasteiger partial charge in [0.05, 0.1) is 0 Å². The summed E-state index contributed by atoms with van der Waals surface area (Å²) in [6.45, 7) is 0.0607. The number of ether oxygens (including phenoxy) is 1. The molecular weight excluding hydrogens is 408 g/mol. The summed E-state index contributed by atoms with van der Waals surface area (Å²) >= 11 is 0. The third-order valence-corrected chi connectivity index (χ3v) is 5.70. The Kier molecular flexibility index (Phi) is 5.12. The molecule has 7 nitrogen and oxygen atoms in total. The van der Waals surface area contributed by atoms with Gasteiger partial charge in [0.15, 0.2) is 0 Å². The molecule has 2 aromatic carbocycles. The molecule has 4 rings (SSSR count). The molecule has 2 aliphatic heterocycles. The summed E-state index contributed by atoms with van der Waals surface area (Å²) in [5, 5.41) is 2.61. The van der Waals surface area contributed by atoms with Crippen molar-refractivity contribution >= 4 is 23.5 Å². The van der Waals surface area contributed by atoms with Crippen LogP contribution in [0.25, 0.3) is 0 Å². The van der Waals surface area contributed by atoms with Crippen molar-refractivity contribution in [1.82, 2.24) is 10.2 Å². The zero-order valence-electron chi connectivity index (χ0n) is 17.0. The van der Waals surface area contributed by atoms with Crippen LogP contribution in [-0.2, 0) is 21.5 Å². The highest BCUT2D eigenvalue weighted by molar-refractivity contribution is 6.10. The van der Waals surface area contributed by atoms with E-state index in [1.54, 1.807) is 4.90 Å². The fourth-order valence-electron chi connectivity index (χ4n) is 4.16. The van der Waals surface area contributed by atoms with Crippen molar-refractivity contribution in [3.05, 3.63) is 59.7 Å². The van der Waals surface area contributed by atoms with Crippen LogP contribution in [0, 0.1) is 0 Å². The highest BCUT2D eigenvalue weighted by Crippen LogP contribution is 2.33. The van der Waals surface area contributed by atoms with Crippen LogP contribution >= 0.6 is 0 Å². The van der Waals surface area contributed by atoms with Crippen molar-refractivity contribution < 1.29 is 27.9 Å². The van der Waals surface area contributed by atoms with Crippen LogP contribution in [0.1, 0.15) is 25.0 Å². The highest BCUT2D eigenvalue weighted by Gasteiger charge is 2.50. The molecule has 9 heteroatoms. The molecule has 0 aromatic heterocycles. The highest BCUT2D eigenvalue weighted by atomic mass is 19.3. The van der Waals surface area contributed by atoms with Gasteiger partial charge >= 0.3 is 12.6 Å². The number of hydrogen-bond donors (Lipinski definition) is 1. The molecule has 0 bridgehead atoms. The number of carbonyl (C=O) groups excluding carboxylic acids is 3. The number of para-hydroxylation sites is 1. The molecular formula is C22H21F2N3O4. The van der Waals surface area contributed by atoms with E-state index < -0.39 is 30.6 Å². The normalized spacial score (nSPS) is 22.7. The van der Waals surface area contributed by atoms with Gasteiger partial charge < -0.3 is 15.0 Å². The minimum atomic E-state index is -2.96. The summed E-state index contributed by atoms with van der Waals surface area (Å²) in [7, 11) is 0. The topological polar surface area (TPSA) is 79.0 Å². The number of amides is 4. The van der Waals surface area contributed by atoms with E-state index in [-0.39, 0.29) is 17.7 Å². The van der Waals surface area contributed by atoms with Gasteiger partial charge in [-0.1, -0.05) is 30.3 Å². The van der Waals surface area contributed by atoms with Crippen LogP contribution in [0.15, 0.2) is 48.5 Å². The average molecular weight is 429 g/mol. The Hall–Kier alpha value is -3.49. The fourth-order valence-corrected chi connectivity index (χ4v) is 4.16. The molecule has 2 heterocycles. The second kappa shape index (κ2) is 7.64. The molecule has 2 aliphatic rings. The van der Waals surface area contributed by atoms with Gasteiger partial charge in [-0.3, -0.25) is 14.5 Å². The lowest BCUT2D eigenvalue weighted by Crippen LogP contribution is -2.46. The van der Waals surface area contributed by atoms with E-state index in [9.17, 15) is 23.2 Å². The maximum atomic E-state index is 13.1. The Balaban J connectivity index is 1.53. The van der Waals surface area contributed by atoms with Crippen molar-refractivity contribution in [3.8, 4) is 5.75 Å². The molecule has 0 aliphatic carbocycles. The number of benzene rings is 2. The number of fused-ring (bicyclic) bond motifs is 1. The maximum absolute atomic E-state index is 13.1. The number of halogens is 2. The van der Waals surface area contributed by atoms with E-state index >= 15 is 0 Å². The average Bonchev–Trinajstić information content (AvgIpc) is 3.16. The smallest absolute Gasteiger partial charge is 0.387 e. The number of nitrogens with one attached hydrogen (secondary N) is 1. The lowest BCUT2D eigenvalue weighted by molar-refractivity contribution is -0.134. The minimum absolute atomic E-state index is 0.0622. The van der Waals surface area contributed by atoms with E-state index in [1.165, 1.54) is 31.2 Å². The Labute approximate surface area is 177 Å². The van der Waals surface area contributed by atoms with Gasteiger partial charge in [0.2, 0.25) is 5.91 Å². The van der Waals surface area contributed by atoms with Gasteiger partial charge in [0, 0.05) is 11.7 Å². The number of imide groups is 1. The van der Waals surface area contributed by atoms with Crippen molar-refractivity contribution in [1.29, 1.82) is 0 Å². The SMILES string of the molecule is C[C@H]1Cc2ccccc2N1C(=O)CN1C(=O)N[C@@](C)(c2ccc(OC(F)F)cc2)C1=O. The van der Waals surface area contributed by atoms with Gasteiger partial charge in [-0.15, -0.1) is 0 Å². The predicted molar refractivity (Wildman–Crippen MR) is 108 cm³/mol. The third kappa shape index (κ3) is 3.60. The molecule has 0 unspecified atom stereocenters. The Morgan fingerprint density at radius 2 is 1.87 bits per heavy atom. The Morgan fingerprint density at radius 1 is 1.19 bits per heavy atom. The molecule has 2 atom stereocenters. The molecule has 2 aromatic rings. The Morgan fingerprint density at radius 3 is 2.55 bits per heavy atom. The van der Waals surface area contributed by atoms with Crippen molar-refractivity contribution in [2.24, 2.45) is 0 Å². The van der Waals surface area contributed by atoms with Crippen LogP contribution in [-0.4, -0.2) is 41.9 Å². The van der Waals surface area contributed by atoms with Gasteiger partial charge in [-0.25, -0.2) is 4.79 Å². The number of rotatable bonds is 5. The van der Waals surface area contributed by atoms with E-state index in [0.717, 1.165) is 16.2 Å². The largest absolute Gasteiger partial charge is 0.435 e. The van der Waals surface area contributed by atoms with E-state index in [0.29, 0.717) is 12.0 Å². The van der Waals surface area contributed by atoms with Gasteiger partial charge in [0.25, 0.3) is 5.91 Å². The first kappa shape index (κ1) is 20.8. The van der Waals surface area contributed by atoms with Crippen molar-refractivity contribution in [2.45, 2.75) is 38.5 Å². The van der Waals surface area contributed by atoms with E-state index in [2.05, 4.69) is 10.1 Å². The number of urea groups is 1. The lowest BCUT2D eigenvalue weighted by Gasteiger charge is -2.25. The monoisotopic (exact) mass is 429 g/mol. The van der Waals surface area contributed by atoms with Crippen LogP contribution in [0.5, 0.6) is 5.75 Å². The molecule has 1 fully saturated rings. The summed E-state index contributed by atoms with van der Waals surface area (Å²) in [5.74, 6) is -1.01. The molecule has 31 heavy (non-hydrogen) atoms. The van der Waals surface area contributed by atoms with Gasteiger partial charge in [-0.05, 0) is 49.6 Å². The number of anilines is 1. The minimum Gasteiger partial charge on any atom is -0.435 e. The van der Waals surface area contributed by atoms with Crippen molar-refractivity contribution in [2.75, 3.05) is 11.4 Å². The summed E-state index contributed by atoms with van der Waals surface area (Å²) in [6.07, 6.45) is 0.701. The zero-order chi connectivity index (χ0) is 22.3. The first-order valence-corrected chi connectivity index (χ1v) is 9.80. The molecule has 1 N–H and O–H groups in total. The summed E-state index contributed by atoms with van der Waals surface area (Å²) in [6, 6.07) is 12.2. The molecule has 0 radical (unpaired) electrons. The Bertz CT molecular complexity index is 1040. The molecule has 0 spiro atoms. The van der Waals surface area contributed by atoms with E-state index in [1.807, 2.05) is 31.2 Å². The van der Waals surface area contributed by atoms with Crippen LogP contribution in [0.4, 0.5) is 19.3 Å². The van der Waals surface area contributed by atoms with Crippen LogP contribution in [0.2, 0.25) is 0 Å². The molecule has 4 amide bonds. The van der Waals surface area contributed by atoms with Gasteiger partial charge in [-0.2, -0.15) is 8.78 Å². The number of alkyl halides is 2. The summed E-state index contributed by atoms with van der Waals surface area (Å²) in [5.41, 5.74) is 0.790. The van der Waals surface area contributed by atoms with Crippen molar-refractivity contribution in [3.63, 3.8) is 0 Å². The second-order valence-electron chi connectivity index (χ2n) is 7.79. The standard InChI is InChI=1S/C22H21F2N3O4/c1-13-11-14-5-3-4-6-17(14)27(13)18(28)12-26-19(29)22(2,25-21(26)30)15-7-9-16(10-8-15)31-20(23)24/h3-10,13,20H,11-12H2,1-2H3,(H,25,30)/t13-,22-/m0/s1. The molecule has 0 saturated carbocycles. The number of hydrogen-bond acceptors (Lipinski definition) is 4. The first-order chi connectivity index (χ1) is 14.7. The number of carbonyl (C=O) groups is 3. The summed E-state index contributed by atoms with van der Waals surface area (Å²) < 4.78 is 29.0. The van der Waals surface area contributed by atoms with Crippen LogP contribution < -0.4 is 15.0 Å². The first-order valence-electron chi connectivity index (χ1n) is 9.80. The maximum Gasteiger partial charge on any atom is 0.387 e. The van der Waals surface area contributed by atoms with Gasteiger partial charge in [0.1, 0.15) is 17.8 Å².